The number of hydrogen-bond donors (Lipinski definition) is 2. The van der Waals surface area contributed by atoms with Crippen molar-refractivity contribution in [3.63, 3.8) is 0 Å². The number of fused-ring (bicyclic) bond motifs is 2. The third kappa shape index (κ3) is 15.5. The maximum absolute atomic E-state index is 12.0. The molecule has 4 heterocycles. The van der Waals surface area contributed by atoms with Crippen LogP contribution >= 0.6 is 23.5 Å². The first kappa shape index (κ1) is 57.5. The fourth-order valence-electron chi connectivity index (χ4n) is 8.30. The molecule has 68 heavy (non-hydrogen) atoms. The van der Waals surface area contributed by atoms with Crippen molar-refractivity contribution in [3.05, 3.63) is 144 Å². The second-order valence-corrected chi connectivity index (χ2v) is 19.1. The number of carbonyl (C=O) groups is 1. The number of aldehydes is 1. The van der Waals surface area contributed by atoms with E-state index in [2.05, 4.69) is 26.0 Å². The van der Waals surface area contributed by atoms with E-state index in [1.165, 1.54) is 0 Å². The van der Waals surface area contributed by atoms with Gasteiger partial charge in [0.25, 0.3) is 0 Å². The topological polar surface area (TPSA) is 144 Å². The van der Waals surface area contributed by atoms with E-state index in [0.29, 0.717) is 26.4 Å². The van der Waals surface area contributed by atoms with Crippen LogP contribution in [0.4, 0.5) is 0 Å². The summed E-state index contributed by atoms with van der Waals surface area (Å²) in [4.78, 5) is 25.8. The molecule has 4 aliphatic rings. The van der Waals surface area contributed by atoms with Crippen molar-refractivity contribution in [2.75, 3.05) is 41.9 Å². The Kier molecular flexibility index (Phi) is 24.8. The molecule has 361 valence electrons. The van der Waals surface area contributed by atoms with Gasteiger partial charge in [-0.05, 0) is 22.3 Å². The van der Waals surface area contributed by atoms with E-state index < -0.39 is 18.3 Å². The van der Waals surface area contributed by atoms with Gasteiger partial charge in [-0.25, -0.2) is 0 Å². The third-order valence-electron chi connectivity index (χ3n) is 11.8. The summed E-state index contributed by atoms with van der Waals surface area (Å²) < 4.78 is 37.9. The molecule has 3 radical (unpaired) electrons. The minimum Gasteiger partial charge on any atom is -1.00 e. The Labute approximate surface area is 437 Å². The summed E-state index contributed by atoms with van der Waals surface area (Å²) in [7, 11) is 8.93. The van der Waals surface area contributed by atoms with Gasteiger partial charge in [-0.3, -0.25) is 9.98 Å². The monoisotopic (exact) mass is 977 g/mol. The number of thioether (sulfide) groups is 2. The molecule has 0 aromatic heterocycles. The van der Waals surface area contributed by atoms with Gasteiger partial charge in [-0.2, -0.15) is 0 Å². The van der Waals surface area contributed by atoms with Crippen LogP contribution in [0.5, 0.6) is 0 Å². The van der Waals surface area contributed by atoms with Gasteiger partial charge in [-0.15, -0.1) is 0 Å². The first-order chi connectivity index (χ1) is 32.1. The Hall–Kier alpha value is -3.07. The van der Waals surface area contributed by atoms with Crippen molar-refractivity contribution in [3.8, 4) is 0 Å². The van der Waals surface area contributed by atoms with E-state index in [4.69, 9.17) is 43.5 Å². The number of aliphatic hydroxyl groups is 2. The normalized spacial score (nSPS) is 26.5. The zero-order chi connectivity index (χ0) is 47.0. The van der Waals surface area contributed by atoms with Crippen molar-refractivity contribution in [1.29, 1.82) is 0 Å². The first-order valence-corrected chi connectivity index (χ1v) is 24.2. The molecule has 0 aliphatic carbocycles. The Morgan fingerprint density at radius 1 is 0.618 bits per heavy atom. The van der Waals surface area contributed by atoms with E-state index in [-0.39, 0.29) is 99.1 Å². The van der Waals surface area contributed by atoms with Gasteiger partial charge in [0, 0.05) is 55.5 Å². The van der Waals surface area contributed by atoms with Crippen molar-refractivity contribution in [2.45, 2.75) is 99.9 Å². The summed E-state index contributed by atoms with van der Waals surface area (Å²) in [5, 5.41) is 19.0. The van der Waals surface area contributed by atoms with Gasteiger partial charge in [-0.1, -0.05) is 159 Å². The van der Waals surface area contributed by atoms with E-state index in [1.54, 1.807) is 23.5 Å². The van der Waals surface area contributed by atoms with Crippen LogP contribution in [0.2, 0.25) is 0 Å². The quantitative estimate of drug-likeness (QED) is 0.125. The molecule has 0 saturated carbocycles. The van der Waals surface area contributed by atoms with Crippen LogP contribution < -0.4 is 29.6 Å². The molecule has 17 heteroatoms. The van der Waals surface area contributed by atoms with Gasteiger partial charge in [0.15, 0.2) is 16.6 Å². The molecule has 13 nitrogen and oxygen atoms in total. The number of rotatable bonds is 16. The van der Waals surface area contributed by atoms with Crippen LogP contribution in [0, 0.1) is 11.8 Å². The molecule has 8 rings (SSSR count). The standard InChI is InChI=1S/C25H32N2O4S.C25H30N2O4S.CH4O.B.Na.H/c2*1-17-22(20(14-28)29-15-18-10-6-4-7-11-18)31-24-21(26-25(32-24)27(2)3)23(17)30-16-19-12-8-5-9-13-19;1-2;;;/h4-13,17,20-24,28H,14-16H2,1-3H3;4-14,17,20-24H,15-16H2,1-3H3;2H,1H3;;;/q;;;;+1;-1/t2*17-,20?,21-,22+,23+,24-;;;;/m11..../s1. The van der Waals surface area contributed by atoms with Crippen LogP contribution in [-0.2, 0) is 59.6 Å². The second kappa shape index (κ2) is 29.3. The molecular weight excluding hydrogens is 911 g/mol. The summed E-state index contributed by atoms with van der Waals surface area (Å²) in [6.45, 7) is 5.84. The minimum atomic E-state index is -0.682. The number of carbonyl (C=O) groups excluding carboxylic acids is 1. The van der Waals surface area contributed by atoms with E-state index >= 15 is 0 Å². The fourth-order valence-corrected chi connectivity index (χ4v) is 10.6. The largest absolute Gasteiger partial charge is 1.00 e. The van der Waals surface area contributed by atoms with Crippen molar-refractivity contribution >= 4 is 48.6 Å². The predicted molar refractivity (Wildman–Crippen MR) is 269 cm³/mol. The number of benzene rings is 4. The maximum Gasteiger partial charge on any atom is 1.00 e. The first-order valence-electron chi connectivity index (χ1n) is 22.4. The van der Waals surface area contributed by atoms with E-state index in [9.17, 15) is 9.90 Å². The van der Waals surface area contributed by atoms with Crippen molar-refractivity contribution in [1.82, 2.24) is 9.80 Å². The summed E-state index contributed by atoms with van der Waals surface area (Å²) in [5.74, 6) is -0.0736. The zero-order valence-electron chi connectivity index (χ0n) is 41.5. The van der Waals surface area contributed by atoms with E-state index in [0.717, 1.165) is 46.0 Å². The number of aliphatic imine (C=N–C) groups is 2. The number of amidine groups is 2. The summed E-state index contributed by atoms with van der Waals surface area (Å²) >= 11 is 3.19. The summed E-state index contributed by atoms with van der Waals surface area (Å²) in [6, 6.07) is 39.9. The SMILES string of the molecule is CO.C[C@H]1[C@H](OCc2ccccc2)[C@H]2N=C(N(C)C)S[C@H]2O[C@@H]1C(C=O)OCc1ccccc1.C[C@H]1[C@H](OCc2ccccc2)[C@H]2N=C(N(C)C)S[C@H]2O[C@@H]1C(CO)OCc1ccccc1.[B].[H-].[Na+]. The van der Waals surface area contributed by atoms with Gasteiger partial charge >= 0.3 is 29.6 Å². The molecular formula is C51H67BN4NaO9S2. The summed E-state index contributed by atoms with van der Waals surface area (Å²) in [6.07, 6.45) is -1.32. The second-order valence-electron chi connectivity index (χ2n) is 16.9. The molecule has 2 saturated heterocycles. The smallest absolute Gasteiger partial charge is 1.00 e. The Bertz CT molecular complexity index is 2110. The van der Waals surface area contributed by atoms with Crippen molar-refractivity contribution in [2.24, 2.45) is 21.8 Å². The van der Waals surface area contributed by atoms with Gasteiger partial charge in [0.05, 0.1) is 57.5 Å². The molecule has 4 aromatic carbocycles. The Morgan fingerprint density at radius 2 is 0.971 bits per heavy atom. The van der Waals surface area contributed by atoms with Gasteiger partial charge < -0.3 is 54.7 Å². The molecule has 0 amide bonds. The molecule has 4 aromatic rings. The zero-order valence-corrected chi connectivity index (χ0v) is 44.2. The predicted octanol–water partition coefficient (Wildman–Crippen LogP) is 3.64. The maximum atomic E-state index is 12.0. The molecule has 0 spiro atoms. The molecule has 12 atom stereocenters. The van der Waals surface area contributed by atoms with Crippen molar-refractivity contribution < 1.29 is 74.4 Å². The van der Waals surface area contributed by atoms with Gasteiger partial charge in [0.1, 0.15) is 35.2 Å². The van der Waals surface area contributed by atoms with Crippen LogP contribution in [0.15, 0.2) is 131 Å². The van der Waals surface area contributed by atoms with Crippen LogP contribution in [-0.4, -0.2) is 147 Å². The van der Waals surface area contributed by atoms with Crippen LogP contribution in [0.1, 0.15) is 37.5 Å². The third-order valence-corrected chi connectivity index (χ3v) is 14.4. The van der Waals surface area contributed by atoms with E-state index in [1.807, 2.05) is 147 Å². The number of ether oxygens (including phenoxy) is 6. The van der Waals surface area contributed by atoms with Crippen LogP contribution in [0.3, 0.4) is 0 Å². The molecule has 0 bridgehead atoms. The molecule has 4 aliphatic heterocycles. The molecule has 2 N–H and O–H groups in total. The molecule has 2 unspecified atom stereocenters. The Balaban J connectivity index is 0.000000338. The number of nitrogens with zero attached hydrogens (tertiary/aromatic N) is 4. The van der Waals surface area contributed by atoms with Gasteiger partial charge in [0.2, 0.25) is 0 Å². The number of hydrogen-bond acceptors (Lipinski definition) is 15. The Morgan fingerprint density at radius 3 is 1.34 bits per heavy atom. The molecule has 2 fully saturated rings. The number of aliphatic hydroxyl groups excluding tert-OH is 2. The fraction of sp³-hybridized carbons (Fsp3) is 0.471. The van der Waals surface area contributed by atoms with Crippen LogP contribution in [0.25, 0.3) is 0 Å². The minimum absolute atomic E-state index is 0. The summed E-state index contributed by atoms with van der Waals surface area (Å²) in [5.41, 5.74) is 3.94. The average molecular weight is 978 g/mol. The average Bonchev–Trinajstić information content (AvgIpc) is 3.99.